The van der Waals surface area contributed by atoms with Crippen molar-refractivity contribution < 1.29 is 9.53 Å². The number of allylic oxidation sites excluding steroid dienone is 2. The van der Waals surface area contributed by atoms with E-state index in [1.54, 1.807) is 13.8 Å². The lowest BCUT2D eigenvalue weighted by Crippen LogP contribution is -2.03. The molecule has 3 nitrogen and oxygen atoms in total. The third-order valence-electron chi connectivity index (χ3n) is 1.42. The van der Waals surface area contributed by atoms with Gasteiger partial charge >= 0.3 is 0 Å². The molecular formula is C9H13NO2. The van der Waals surface area contributed by atoms with Gasteiger partial charge in [0.2, 0.25) is 0 Å². The van der Waals surface area contributed by atoms with E-state index in [0.717, 1.165) is 0 Å². The second-order valence-electron chi connectivity index (χ2n) is 2.25. The first kappa shape index (κ1) is 10.7. The maximum atomic E-state index is 11.1. The summed E-state index contributed by atoms with van der Waals surface area (Å²) in [7, 11) is 0. The normalized spacial score (nSPS) is 11.5. The van der Waals surface area contributed by atoms with Gasteiger partial charge in [-0.3, -0.25) is 4.79 Å². The molecule has 0 aliphatic rings. The van der Waals surface area contributed by atoms with Crippen LogP contribution in [0.5, 0.6) is 0 Å². The molecule has 0 aliphatic heterocycles. The van der Waals surface area contributed by atoms with Crippen LogP contribution in [0.3, 0.4) is 0 Å². The Bertz CT molecular complexity index is 235. The average molecular weight is 167 g/mol. The summed E-state index contributed by atoms with van der Waals surface area (Å²) in [5.74, 6) is 0.260. The van der Waals surface area contributed by atoms with Crippen molar-refractivity contribution in [3.63, 3.8) is 0 Å². The van der Waals surface area contributed by atoms with Gasteiger partial charge in [-0.05, 0) is 13.8 Å². The van der Waals surface area contributed by atoms with Crippen molar-refractivity contribution in [3.8, 4) is 6.07 Å². The Hall–Kier alpha value is -1.30. The Labute approximate surface area is 72.6 Å². The summed E-state index contributed by atoms with van der Waals surface area (Å²) in [6, 6.07) is 1.84. The standard InChI is InChI=1S/C9H13NO2/c1-4-9(11)8(6-10)7(3)12-5-2/h4-5H2,1-3H3/b8-7-. The molecule has 0 atom stereocenters. The van der Waals surface area contributed by atoms with Crippen LogP contribution in [0.25, 0.3) is 0 Å². The first-order valence-corrected chi connectivity index (χ1v) is 3.94. The minimum absolute atomic E-state index is 0.138. The second kappa shape index (κ2) is 5.36. The molecule has 0 heterocycles. The summed E-state index contributed by atoms with van der Waals surface area (Å²) in [5.41, 5.74) is 0.138. The zero-order chi connectivity index (χ0) is 9.56. The molecule has 0 spiro atoms. The van der Waals surface area contributed by atoms with E-state index in [0.29, 0.717) is 18.8 Å². The third kappa shape index (κ3) is 2.75. The van der Waals surface area contributed by atoms with E-state index < -0.39 is 0 Å². The lowest BCUT2D eigenvalue weighted by Gasteiger charge is -2.03. The third-order valence-corrected chi connectivity index (χ3v) is 1.42. The summed E-state index contributed by atoms with van der Waals surface area (Å²) in [5, 5.41) is 8.62. The molecule has 3 heteroatoms. The van der Waals surface area contributed by atoms with Crippen LogP contribution >= 0.6 is 0 Å². The molecule has 0 saturated heterocycles. The Morgan fingerprint density at radius 3 is 2.42 bits per heavy atom. The smallest absolute Gasteiger partial charge is 0.176 e. The van der Waals surface area contributed by atoms with E-state index in [1.165, 1.54) is 0 Å². The fraction of sp³-hybridized carbons (Fsp3) is 0.556. The van der Waals surface area contributed by atoms with Gasteiger partial charge in [-0.1, -0.05) is 6.92 Å². The number of ketones is 1. The summed E-state index contributed by atoms with van der Waals surface area (Å²) in [6.07, 6.45) is 0.341. The molecule has 12 heavy (non-hydrogen) atoms. The number of nitriles is 1. The van der Waals surface area contributed by atoms with Crippen molar-refractivity contribution in [2.45, 2.75) is 27.2 Å². The molecule has 66 valence electrons. The molecule has 0 amide bonds. The Balaban J connectivity index is 4.64. The predicted octanol–water partition coefficient (Wildman–Crippen LogP) is 1.80. The number of hydrogen-bond donors (Lipinski definition) is 0. The fourth-order valence-corrected chi connectivity index (χ4v) is 0.803. The van der Waals surface area contributed by atoms with Crippen molar-refractivity contribution >= 4 is 5.78 Å². The second-order valence-corrected chi connectivity index (χ2v) is 2.25. The molecule has 0 radical (unpaired) electrons. The molecule has 0 bridgehead atoms. The van der Waals surface area contributed by atoms with Gasteiger partial charge in [0.15, 0.2) is 5.78 Å². The molecule has 0 rings (SSSR count). The van der Waals surface area contributed by atoms with Crippen LogP contribution in [-0.2, 0) is 9.53 Å². The number of carbonyl (C=O) groups is 1. The Morgan fingerprint density at radius 2 is 2.08 bits per heavy atom. The summed E-state index contributed by atoms with van der Waals surface area (Å²) < 4.78 is 5.05. The molecular weight excluding hydrogens is 154 g/mol. The quantitative estimate of drug-likeness (QED) is 0.364. The molecule has 0 saturated carbocycles. The van der Waals surface area contributed by atoms with Crippen LogP contribution in [0.15, 0.2) is 11.3 Å². The number of nitrogens with zero attached hydrogens (tertiary/aromatic N) is 1. The molecule has 0 N–H and O–H groups in total. The lowest BCUT2D eigenvalue weighted by atomic mass is 10.1. The molecule has 0 aromatic heterocycles. The lowest BCUT2D eigenvalue weighted by molar-refractivity contribution is -0.115. The minimum Gasteiger partial charge on any atom is -0.497 e. The van der Waals surface area contributed by atoms with Gasteiger partial charge < -0.3 is 4.74 Å². The maximum absolute atomic E-state index is 11.1. The first-order chi connectivity index (χ1) is 5.67. The predicted molar refractivity (Wildman–Crippen MR) is 45.2 cm³/mol. The Morgan fingerprint density at radius 1 is 1.50 bits per heavy atom. The van der Waals surface area contributed by atoms with Crippen molar-refractivity contribution in [1.82, 2.24) is 0 Å². The van der Waals surface area contributed by atoms with Crippen LogP contribution in [-0.4, -0.2) is 12.4 Å². The van der Waals surface area contributed by atoms with E-state index in [9.17, 15) is 4.79 Å². The van der Waals surface area contributed by atoms with Crippen LogP contribution in [0.2, 0.25) is 0 Å². The van der Waals surface area contributed by atoms with Crippen molar-refractivity contribution in [1.29, 1.82) is 5.26 Å². The minimum atomic E-state index is -0.163. The van der Waals surface area contributed by atoms with Crippen molar-refractivity contribution in [2.24, 2.45) is 0 Å². The van der Waals surface area contributed by atoms with Gasteiger partial charge in [0.05, 0.1) is 6.61 Å². The highest BCUT2D eigenvalue weighted by molar-refractivity contribution is 5.99. The maximum Gasteiger partial charge on any atom is 0.176 e. The molecule has 0 unspecified atom stereocenters. The number of rotatable bonds is 4. The van der Waals surface area contributed by atoms with Gasteiger partial charge in [0, 0.05) is 6.42 Å². The van der Waals surface area contributed by atoms with Gasteiger partial charge in [-0.2, -0.15) is 5.26 Å². The van der Waals surface area contributed by atoms with E-state index in [4.69, 9.17) is 10.00 Å². The number of carbonyl (C=O) groups excluding carboxylic acids is 1. The van der Waals surface area contributed by atoms with Crippen LogP contribution < -0.4 is 0 Å². The highest BCUT2D eigenvalue weighted by Crippen LogP contribution is 2.07. The zero-order valence-electron chi connectivity index (χ0n) is 7.68. The monoisotopic (exact) mass is 167 g/mol. The highest BCUT2D eigenvalue weighted by atomic mass is 16.5. The SMILES string of the molecule is CCO/C(C)=C(/C#N)C(=O)CC. The van der Waals surface area contributed by atoms with Crippen molar-refractivity contribution in [3.05, 3.63) is 11.3 Å². The van der Waals surface area contributed by atoms with E-state index in [1.807, 2.05) is 13.0 Å². The van der Waals surface area contributed by atoms with Gasteiger partial charge in [-0.25, -0.2) is 0 Å². The van der Waals surface area contributed by atoms with Crippen molar-refractivity contribution in [2.75, 3.05) is 6.61 Å². The number of hydrogen-bond acceptors (Lipinski definition) is 3. The van der Waals surface area contributed by atoms with Gasteiger partial charge in [0.25, 0.3) is 0 Å². The van der Waals surface area contributed by atoms with Crippen LogP contribution in [0, 0.1) is 11.3 Å². The molecule has 0 aromatic rings. The van der Waals surface area contributed by atoms with Crippen LogP contribution in [0.4, 0.5) is 0 Å². The Kier molecular flexibility index (Phi) is 4.78. The fourth-order valence-electron chi connectivity index (χ4n) is 0.803. The topological polar surface area (TPSA) is 50.1 Å². The highest BCUT2D eigenvalue weighted by Gasteiger charge is 2.10. The van der Waals surface area contributed by atoms with E-state index in [2.05, 4.69) is 0 Å². The molecule has 0 aliphatic carbocycles. The zero-order valence-corrected chi connectivity index (χ0v) is 7.68. The molecule has 0 fully saturated rings. The average Bonchev–Trinajstić information content (AvgIpc) is 2.06. The largest absolute Gasteiger partial charge is 0.497 e. The number of ether oxygens (including phenoxy) is 1. The first-order valence-electron chi connectivity index (χ1n) is 3.94. The van der Waals surface area contributed by atoms with Gasteiger partial charge in [-0.15, -0.1) is 0 Å². The van der Waals surface area contributed by atoms with Gasteiger partial charge in [0.1, 0.15) is 17.4 Å². The summed E-state index contributed by atoms with van der Waals surface area (Å²) in [6.45, 7) is 5.65. The summed E-state index contributed by atoms with van der Waals surface area (Å²) in [4.78, 5) is 11.1. The van der Waals surface area contributed by atoms with Crippen LogP contribution in [0.1, 0.15) is 27.2 Å². The van der Waals surface area contributed by atoms with E-state index in [-0.39, 0.29) is 11.4 Å². The van der Waals surface area contributed by atoms with E-state index >= 15 is 0 Å². The number of Topliss-reactive ketones (excluding diaryl/α,β-unsaturated/α-hetero) is 1. The summed E-state index contributed by atoms with van der Waals surface area (Å²) >= 11 is 0. The molecule has 0 aromatic carbocycles.